The Morgan fingerprint density at radius 3 is 0.833 bits per heavy atom. The molecule has 0 aromatic carbocycles. The number of aliphatic hydroxyl groups is 2. The van der Waals surface area contributed by atoms with Crippen molar-refractivity contribution in [1.29, 1.82) is 0 Å². The van der Waals surface area contributed by atoms with E-state index < -0.39 is 0 Å². The molecule has 0 saturated carbocycles. The topological polar surface area (TPSA) is 40.5 Å². The van der Waals surface area contributed by atoms with Crippen LogP contribution in [0.25, 0.3) is 0 Å². The molecule has 0 atom stereocenters. The fourth-order valence-corrected chi connectivity index (χ4v) is 0. The Morgan fingerprint density at radius 1 is 0.750 bits per heavy atom. The second-order valence-corrected chi connectivity index (χ2v) is 1.45. The van der Waals surface area contributed by atoms with Crippen LogP contribution in [0.15, 0.2) is 0 Å². The zero-order valence-corrected chi connectivity index (χ0v) is 11.2. The molecule has 0 aliphatic rings. The fourth-order valence-electron chi connectivity index (χ4n) is 0. The summed E-state index contributed by atoms with van der Waals surface area (Å²) in [6.07, 6.45) is 1.75. The van der Waals surface area contributed by atoms with Crippen molar-refractivity contribution in [3.05, 3.63) is 0 Å². The van der Waals surface area contributed by atoms with Gasteiger partial charge in [-0.3, -0.25) is 0 Å². The van der Waals surface area contributed by atoms with Crippen molar-refractivity contribution in [1.82, 2.24) is 0 Å². The first-order valence-electron chi connectivity index (χ1n) is 3.05. The molecule has 6 heteroatoms. The van der Waals surface area contributed by atoms with Gasteiger partial charge in [-0.05, 0) is 12.8 Å². The van der Waals surface area contributed by atoms with Crippen molar-refractivity contribution < 1.29 is 69.2 Å². The first kappa shape index (κ1) is 37.5. The van der Waals surface area contributed by atoms with Gasteiger partial charge in [0.2, 0.25) is 0 Å². The number of hydrogen-bond donors (Lipinski definition) is 2. The monoisotopic (exact) mass is 273 g/mol. The van der Waals surface area contributed by atoms with Crippen LogP contribution in [-0.4, -0.2) is 23.4 Å². The Hall–Kier alpha value is 1.50. The maximum absolute atomic E-state index is 7.88. The molecule has 77 valence electrons. The van der Waals surface area contributed by atoms with Gasteiger partial charge < -0.3 is 47.4 Å². The molecule has 0 aliphatic heterocycles. The second-order valence-electron chi connectivity index (χ2n) is 1.45. The zero-order chi connectivity index (χ0) is 6.83. The predicted molar refractivity (Wildman–Crippen MR) is 34.8 cm³/mol. The van der Waals surface area contributed by atoms with E-state index in [0.717, 1.165) is 12.8 Å². The van der Waals surface area contributed by atoms with Gasteiger partial charge in [0.25, 0.3) is 0 Å². The van der Waals surface area contributed by atoms with E-state index in [9.17, 15) is 0 Å². The summed E-state index contributed by atoms with van der Waals surface area (Å²) in [4.78, 5) is 0. The molecule has 0 fully saturated rings. The predicted octanol–water partition coefficient (Wildman–Crippen LogP) is -8.21. The van der Waals surface area contributed by atoms with E-state index in [1.165, 1.54) is 0 Å². The summed E-state index contributed by atoms with van der Waals surface area (Å²) < 4.78 is 0. The maximum atomic E-state index is 7.88. The van der Waals surface area contributed by atoms with Crippen molar-refractivity contribution >= 4 is 0 Å². The average molecular weight is 274 g/mol. The fraction of sp³-hybridized carbons (Fsp3) is 1.00. The Kier molecular flexibility index (Phi) is 171. The van der Waals surface area contributed by atoms with Gasteiger partial charge in [0, 0.05) is 13.2 Å². The van der Waals surface area contributed by atoms with Crippen molar-refractivity contribution in [2.45, 2.75) is 26.7 Å². The summed E-state index contributed by atoms with van der Waals surface area (Å²) in [7, 11) is 0. The normalized spacial score (nSPS) is 5.00. The quantitative estimate of drug-likeness (QED) is 0.491. The summed E-state index contributed by atoms with van der Waals surface area (Å²) in [5.74, 6) is 0. The minimum atomic E-state index is 0. The SMILES string of the molecule is CCCO.CCCO.[Cl-].[Cl-].[Cl-].[Ti+3]. The van der Waals surface area contributed by atoms with E-state index in [4.69, 9.17) is 10.2 Å². The Balaban J connectivity index is -0.0000000112. The molecule has 1 radical (unpaired) electrons. The third kappa shape index (κ3) is 103. The molecular weight excluding hydrogens is 258 g/mol. The van der Waals surface area contributed by atoms with E-state index in [-0.39, 0.29) is 58.9 Å². The van der Waals surface area contributed by atoms with Crippen LogP contribution in [0.5, 0.6) is 0 Å². The minimum absolute atomic E-state index is 0. The summed E-state index contributed by atoms with van der Waals surface area (Å²) in [6.45, 7) is 4.50. The summed E-state index contributed by atoms with van der Waals surface area (Å²) >= 11 is 0. The summed E-state index contributed by atoms with van der Waals surface area (Å²) in [5.41, 5.74) is 0. The van der Waals surface area contributed by atoms with E-state index >= 15 is 0 Å². The van der Waals surface area contributed by atoms with Crippen LogP contribution in [0.2, 0.25) is 0 Å². The average Bonchev–Trinajstić information content (AvgIpc) is 1.88. The van der Waals surface area contributed by atoms with Gasteiger partial charge in [0.05, 0.1) is 0 Å². The van der Waals surface area contributed by atoms with E-state index in [1.807, 2.05) is 13.8 Å². The molecule has 0 bridgehead atoms. The van der Waals surface area contributed by atoms with Crippen LogP contribution in [0.4, 0.5) is 0 Å². The molecule has 0 saturated heterocycles. The molecule has 0 unspecified atom stereocenters. The smallest absolute Gasteiger partial charge is 1.00 e. The molecule has 0 aromatic heterocycles. The summed E-state index contributed by atoms with van der Waals surface area (Å²) in [5, 5.41) is 15.8. The van der Waals surface area contributed by atoms with Gasteiger partial charge in [0.1, 0.15) is 0 Å². The van der Waals surface area contributed by atoms with Crippen LogP contribution in [0, 0.1) is 0 Å². The van der Waals surface area contributed by atoms with E-state index in [2.05, 4.69) is 0 Å². The molecule has 0 spiro atoms. The Morgan fingerprint density at radius 2 is 0.833 bits per heavy atom. The molecule has 2 N–H and O–H groups in total. The van der Waals surface area contributed by atoms with Crippen molar-refractivity contribution in [2.24, 2.45) is 0 Å². The van der Waals surface area contributed by atoms with Crippen molar-refractivity contribution in [3.63, 3.8) is 0 Å². The Bertz CT molecular complexity index is 28.8. The second kappa shape index (κ2) is 54.6. The zero-order valence-electron chi connectivity index (χ0n) is 7.36. The summed E-state index contributed by atoms with van der Waals surface area (Å²) in [6, 6.07) is 0. The van der Waals surface area contributed by atoms with Gasteiger partial charge in [-0.1, -0.05) is 13.8 Å². The molecule has 0 rings (SSSR count). The maximum Gasteiger partial charge on any atom is 3.00 e. The van der Waals surface area contributed by atoms with E-state index in [0.29, 0.717) is 13.2 Å². The van der Waals surface area contributed by atoms with E-state index in [1.54, 1.807) is 0 Å². The molecular formula is C6H16Cl3O2Ti. The van der Waals surface area contributed by atoms with Gasteiger partial charge in [-0.15, -0.1) is 0 Å². The van der Waals surface area contributed by atoms with Crippen LogP contribution < -0.4 is 37.2 Å². The molecule has 0 aromatic rings. The van der Waals surface area contributed by atoms with Crippen molar-refractivity contribution in [2.75, 3.05) is 13.2 Å². The molecule has 0 aliphatic carbocycles. The van der Waals surface area contributed by atoms with Crippen molar-refractivity contribution in [3.8, 4) is 0 Å². The molecule has 12 heavy (non-hydrogen) atoms. The molecule has 0 amide bonds. The molecule has 0 heterocycles. The van der Waals surface area contributed by atoms with Crippen LogP contribution >= 0.6 is 0 Å². The first-order valence-corrected chi connectivity index (χ1v) is 3.05. The third-order valence-corrected chi connectivity index (χ3v) is 0.447. The van der Waals surface area contributed by atoms with Gasteiger partial charge in [-0.25, -0.2) is 0 Å². The van der Waals surface area contributed by atoms with Gasteiger partial charge in [0.15, 0.2) is 0 Å². The van der Waals surface area contributed by atoms with Crippen LogP contribution in [-0.2, 0) is 21.7 Å². The number of hydrogen-bond acceptors (Lipinski definition) is 2. The van der Waals surface area contributed by atoms with Crippen LogP contribution in [0.1, 0.15) is 26.7 Å². The minimum Gasteiger partial charge on any atom is -1.00 e. The number of rotatable bonds is 2. The standard InChI is InChI=1S/2C3H8O.3ClH.Ti/c2*1-2-3-4;;;;/h2*4H,2-3H2,1H3;3*1H;/q;;;;;+3/p-3. The number of halogens is 3. The number of aliphatic hydroxyl groups excluding tert-OH is 2. The molecule has 2 nitrogen and oxygen atoms in total. The Labute approximate surface area is 109 Å². The van der Waals surface area contributed by atoms with Crippen LogP contribution in [0.3, 0.4) is 0 Å². The largest absolute Gasteiger partial charge is 3.00 e. The van der Waals surface area contributed by atoms with Gasteiger partial charge >= 0.3 is 21.7 Å². The first-order chi connectivity index (χ1) is 3.83. The van der Waals surface area contributed by atoms with Gasteiger partial charge in [-0.2, -0.15) is 0 Å². The third-order valence-electron chi connectivity index (χ3n) is 0.447.